The van der Waals surface area contributed by atoms with Crippen molar-refractivity contribution in [1.29, 1.82) is 0 Å². The number of carbonyl (C=O) groups is 3. The number of aromatic nitrogens is 1. The van der Waals surface area contributed by atoms with Crippen molar-refractivity contribution in [3.05, 3.63) is 64.5 Å². The summed E-state index contributed by atoms with van der Waals surface area (Å²) < 4.78 is 5.07. The molecular weight excluding hydrogens is 492 g/mol. The Morgan fingerprint density at radius 2 is 1.68 bits per heavy atom. The summed E-state index contributed by atoms with van der Waals surface area (Å²) in [6, 6.07) is 4.89. The monoisotopic (exact) mass is 526 g/mol. The number of amides is 3. The number of methoxy groups -OCH3 is 1. The van der Waals surface area contributed by atoms with Crippen molar-refractivity contribution >= 4 is 40.9 Å². The van der Waals surface area contributed by atoms with Gasteiger partial charge >= 0.3 is 12.0 Å². The number of benzene rings is 1. The number of hydrogen-bond donors (Lipinski definition) is 3. The Balaban J connectivity index is 1.83. The number of allylic oxidation sites excluding steroid dienone is 1. The number of ether oxygens (including phenoxy) is 1. The highest BCUT2D eigenvalue weighted by molar-refractivity contribution is 6.31. The van der Waals surface area contributed by atoms with E-state index in [9.17, 15) is 14.4 Å². The van der Waals surface area contributed by atoms with Crippen LogP contribution in [0.4, 0.5) is 16.2 Å². The van der Waals surface area contributed by atoms with Crippen LogP contribution >= 0.6 is 11.6 Å². The van der Waals surface area contributed by atoms with Crippen LogP contribution in [0.25, 0.3) is 0 Å². The molecule has 3 amide bonds. The lowest BCUT2D eigenvalue weighted by Crippen LogP contribution is -2.55. The van der Waals surface area contributed by atoms with Crippen LogP contribution in [0.15, 0.2) is 37.1 Å². The quantitative estimate of drug-likeness (QED) is 0.298. The standard InChI is InChI=1S/C28H35ClN4O4/c1-5-11-20-14-18(2)23(19(3)15-20)32-27(36)31-22-16-21(29)17-30-24(22)25(34)33-28(26(35)37-4)12-9-7-6-8-10-13-28/h5,14-17H,1,6-13H2,2-4H3,(H,33,34)(H2,31,32,36). The molecule has 2 aromatic rings. The normalized spacial score (nSPS) is 15.0. The molecule has 0 unspecified atom stereocenters. The van der Waals surface area contributed by atoms with Gasteiger partial charge in [-0.2, -0.15) is 0 Å². The Kier molecular flexibility index (Phi) is 9.69. The topological polar surface area (TPSA) is 109 Å². The molecule has 3 rings (SSSR count). The van der Waals surface area contributed by atoms with Gasteiger partial charge in [-0.15, -0.1) is 6.58 Å². The van der Waals surface area contributed by atoms with E-state index in [1.807, 2.05) is 32.1 Å². The van der Waals surface area contributed by atoms with Gasteiger partial charge in [0.05, 0.1) is 17.8 Å². The number of carbonyl (C=O) groups excluding carboxylic acids is 3. The van der Waals surface area contributed by atoms with Crippen molar-refractivity contribution < 1.29 is 19.1 Å². The van der Waals surface area contributed by atoms with Crippen molar-refractivity contribution in [2.24, 2.45) is 0 Å². The number of urea groups is 1. The summed E-state index contributed by atoms with van der Waals surface area (Å²) in [5.41, 5.74) is 2.52. The fourth-order valence-corrected chi connectivity index (χ4v) is 5.04. The molecule has 37 heavy (non-hydrogen) atoms. The van der Waals surface area contributed by atoms with Gasteiger partial charge in [0.25, 0.3) is 5.91 Å². The maximum absolute atomic E-state index is 13.4. The fraction of sp³-hybridized carbons (Fsp3) is 0.429. The lowest BCUT2D eigenvalue weighted by Gasteiger charge is -2.33. The van der Waals surface area contributed by atoms with E-state index in [1.54, 1.807) is 0 Å². The van der Waals surface area contributed by atoms with Gasteiger partial charge in [-0.05, 0) is 55.9 Å². The molecule has 0 radical (unpaired) electrons. The second-order valence-electron chi connectivity index (χ2n) is 9.52. The molecule has 3 N–H and O–H groups in total. The molecule has 9 heteroatoms. The van der Waals surface area contributed by atoms with E-state index in [0.717, 1.165) is 55.2 Å². The first-order valence-corrected chi connectivity index (χ1v) is 12.9. The zero-order chi connectivity index (χ0) is 27.0. The summed E-state index contributed by atoms with van der Waals surface area (Å²) in [7, 11) is 1.32. The van der Waals surface area contributed by atoms with Gasteiger partial charge in [0, 0.05) is 11.9 Å². The molecule has 1 saturated carbocycles. The molecule has 0 spiro atoms. The molecule has 0 bridgehead atoms. The Labute approximate surface area is 223 Å². The molecular formula is C28H35ClN4O4. The maximum Gasteiger partial charge on any atom is 0.331 e. The van der Waals surface area contributed by atoms with Crippen molar-refractivity contribution in [3.63, 3.8) is 0 Å². The van der Waals surface area contributed by atoms with Crippen LogP contribution in [0.3, 0.4) is 0 Å². The molecule has 1 heterocycles. The lowest BCUT2D eigenvalue weighted by molar-refractivity contribution is -0.149. The van der Waals surface area contributed by atoms with Gasteiger partial charge in [0.15, 0.2) is 5.69 Å². The minimum Gasteiger partial charge on any atom is -0.467 e. The number of rotatable bonds is 7. The van der Waals surface area contributed by atoms with Crippen molar-refractivity contribution in [2.45, 2.75) is 70.8 Å². The van der Waals surface area contributed by atoms with E-state index in [2.05, 4.69) is 27.5 Å². The first kappa shape index (κ1) is 28.2. The van der Waals surface area contributed by atoms with Crippen LogP contribution in [0.1, 0.15) is 72.1 Å². The molecule has 198 valence electrons. The number of aryl methyl sites for hydroxylation is 2. The van der Waals surface area contributed by atoms with Gasteiger partial charge in [-0.25, -0.2) is 14.6 Å². The van der Waals surface area contributed by atoms with Crippen LogP contribution < -0.4 is 16.0 Å². The number of esters is 1. The molecule has 0 aliphatic heterocycles. The van der Waals surface area contributed by atoms with E-state index in [0.29, 0.717) is 18.5 Å². The first-order valence-electron chi connectivity index (χ1n) is 12.5. The summed E-state index contributed by atoms with van der Waals surface area (Å²) in [6.07, 6.45) is 9.48. The van der Waals surface area contributed by atoms with Gasteiger partial charge in [0.1, 0.15) is 5.54 Å². The summed E-state index contributed by atoms with van der Waals surface area (Å²) in [4.78, 5) is 43.4. The van der Waals surface area contributed by atoms with Gasteiger partial charge < -0.3 is 20.7 Å². The number of pyridine rings is 1. The van der Waals surface area contributed by atoms with Crippen LogP contribution in [0, 0.1) is 13.8 Å². The Bertz CT molecular complexity index is 1150. The van der Waals surface area contributed by atoms with Crippen molar-refractivity contribution in [1.82, 2.24) is 10.3 Å². The maximum atomic E-state index is 13.4. The summed E-state index contributed by atoms with van der Waals surface area (Å²) in [6.45, 7) is 7.60. The predicted octanol–water partition coefficient (Wildman–Crippen LogP) is 6.11. The van der Waals surface area contributed by atoms with E-state index >= 15 is 0 Å². The highest BCUT2D eigenvalue weighted by atomic mass is 35.5. The van der Waals surface area contributed by atoms with Crippen LogP contribution in [0.2, 0.25) is 5.02 Å². The Morgan fingerprint density at radius 1 is 1.05 bits per heavy atom. The third-order valence-electron chi connectivity index (χ3n) is 6.66. The highest BCUT2D eigenvalue weighted by Crippen LogP contribution is 2.29. The molecule has 8 nitrogen and oxygen atoms in total. The van der Waals surface area contributed by atoms with Gasteiger partial charge in [0.2, 0.25) is 0 Å². The zero-order valence-corrected chi connectivity index (χ0v) is 22.5. The van der Waals surface area contributed by atoms with E-state index in [1.165, 1.54) is 19.4 Å². The van der Waals surface area contributed by atoms with Crippen LogP contribution in [-0.2, 0) is 16.0 Å². The van der Waals surface area contributed by atoms with E-state index in [-0.39, 0.29) is 16.4 Å². The molecule has 0 saturated heterocycles. The fourth-order valence-electron chi connectivity index (χ4n) is 4.88. The molecule has 1 aromatic heterocycles. The lowest BCUT2D eigenvalue weighted by atomic mass is 9.83. The zero-order valence-electron chi connectivity index (χ0n) is 21.7. The molecule has 1 aliphatic carbocycles. The average molecular weight is 527 g/mol. The number of halogens is 1. The number of nitrogens with one attached hydrogen (secondary N) is 3. The van der Waals surface area contributed by atoms with Crippen molar-refractivity contribution in [2.75, 3.05) is 17.7 Å². The minimum atomic E-state index is -1.14. The van der Waals surface area contributed by atoms with Crippen molar-refractivity contribution in [3.8, 4) is 0 Å². The second-order valence-corrected chi connectivity index (χ2v) is 9.96. The molecule has 0 atom stereocenters. The van der Waals surface area contributed by atoms with E-state index in [4.69, 9.17) is 16.3 Å². The summed E-state index contributed by atoms with van der Waals surface area (Å²) >= 11 is 6.15. The largest absolute Gasteiger partial charge is 0.467 e. The van der Waals surface area contributed by atoms with Gasteiger partial charge in [-0.1, -0.05) is 61.9 Å². The highest BCUT2D eigenvalue weighted by Gasteiger charge is 2.41. The number of hydrogen-bond acceptors (Lipinski definition) is 5. The first-order chi connectivity index (χ1) is 17.7. The summed E-state index contributed by atoms with van der Waals surface area (Å²) in [5.74, 6) is -1.06. The molecule has 1 aromatic carbocycles. The number of nitrogens with zero attached hydrogens (tertiary/aromatic N) is 1. The smallest absolute Gasteiger partial charge is 0.331 e. The summed E-state index contributed by atoms with van der Waals surface area (Å²) in [5, 5.41) is 8.70. The molecule has 1 fully saturated rings. The van der Waals surface area contributed by atoms with Gasteiger partial charge in [-0.3, -0.25) is 4.79 Å². The Morgan fingerprint density at radius 3 is 2.27 bits per heavy atom. The molecule has 1 aliphatic rings. The third-order valence-corrected chi connectivity index (χ3v) is 6.87. The Hall–Kier alpha value is -3.39. The van der Waals surface area contributed by atoms with Crippen LogP contribution in [0.5, 0.6) is 0 Å². The van der Waals surface area contributed by atoms with Crippen LogP contribution in [-0.4, -0.2) is 35.5 Å². The predicted molar refractivity (Wildman–Crippen MR) is 146 cm³/mol. The van der Waals surface area contributed by atoms with E-state index < -0.39 is 23.4 Å². The third kappa shape index (κ3) is 7.10. The SMILES string of the molecule is C=CCc1cc(C)c(NC(=O)Nc2cc(Cl)cnc2C(=O)NC2(C(=O)OC)CCCCCCC2)c(C)c1. The minimum absolute atomic E-state index is 0.0420. The average Bonchev–Trinajstić information content (AvgIpc) is 2.83. The number of anilines is 2. The second kappa shape index (κ2) is 12.7.